The summed E-state index contributed by atoms with van der Waals surface area (Å²) in [6.07, 6.45) is -0.803. The molecule has 0 N–H and O–H groups in total. The van der Waals surface area contributed by atoms with E-state index in [1.54, 1.807) is 4.90 Å². The molecule has 1 aromatic rings. The molecule has 132 valence electrons. The Kier molecular flexibility index (Phi) is 4.86. The Bertz CT molecular complexity index is 712. The first-order valence-corrected chi connectivity index (χ1v) is 9.02. The number of amides is 1. The highest BCUT2D eigenvalue weighted by atomic mass is 32.2. The van der Waals surface area contributed by atoms with Gasteiger partial charge < -0.3 is 14.4 Å². The second-order valence-corrected chi connectivity index (χ2v) is 7.83. The zero-order chi connectivity index (χ0) is 17.3. The third-order valence-electron chi connectivity index (χ3n) is 4.10. The predicted molar refractivity (Wildman–Crippen MR) is 82.3 cm³/mol. The second kappa shape index (κ2) is 6.75. The van der Waals surface area contributed by atoms with Gasteiger partial charge in [0.25, 0.3) is 0 Å². The van der Waals surface area contributed by atoms with Crippen LogP contribution >= 0.6 is 0 Å². The van der Waals surface area contributed by atoms with Crippen LogP contribution in [0.3, 0.4) is 0 Å². The van der Waals surface area contributed by atoms with E-state index in [4.69, 9.17) is 9.47 Å². The smallest absolute Gasteiger partial charge is 0.248 e. The van der Waals surface area contributed by atoms with Crippen molar-refractivity contribution >= 4 is 15.9 Å². The SMILES string of the molecule is COCC(=O)N1CC2CN(S(=O)(=O)c3cccc(F)c3)CC(C1)O2. The van der Waals surface area contributed by atoms with Crippen molar-refractivity contribution in [1.82, 2.24) is 9.21 Å². The number of carbonyl (C=O) groups is 1. The van der Waals surface area contributed by atoms with Crippen molar-refractivity contribution in [2.45, 2.75) is 17.1 Å². The fourth-order valence-corrected chi connectivity index (χ4v) is 4.58. The molecule has 2 bridgehead atoms. The van der Waals surface area contributed by atoms with E-state index < -0.39 is 28.0 Å². The molecule has 2 unspecified atom stereocenters. The summed E-state index contributed by atoms with van der Waals surface area (Å²) in [4.78, 5) is 13.5. The van der Waals surface area contributed by atoms with Gasteiger partial charge in [-0.3, -0.25) is 4.79 Å². The van der Waals surface area contributed by atoms with E-state index in [-0.39, 0.29) is 30.5 Å². The Morgan fingerprint density at radius 2 is 1.96 bits per heavy atom. The molecule has 0 saturated carbocycles. The lowest BCUT2D eigenvalue weighted by atomic mass is 10.1. The fraction of sp³-hybridized carbons (Fsp3) is 0.533. The molecule has 24 heavy (non-hydrogen) atoms. The molecule has 7 nitrogen and oxygen atoms in total. The zero-order valence-electron chi connectivity index (χ0n) is 13.2. The first-order valence-electron chi connectivity index (χ1n) is 7.58. The summed E-state index contributed by atoms with van der Waals surface area (Å²) < 4.78 is 50.6. The Morgan fingerprint density at radius 1 is 1.29 bits per heavy atom. The predicted octanol–water partition coefficient (Wildman–Crippen LogP) is 0.0724. The highest BCUT2D eigenvalue weighted by Gasteiger charge is 2.41. The average molecular weight is 358 g/mol. The summed E-state index contributed by atoms with van der Waals surface area (Å²) in [5.74, 6) is -0.738. The van der Waals surface area contributed by atoms with Gasteiger partial charge in [0.2, 0.25) is 15.9 Å². The average Bonchev–Trinajstić information content (AvgIpc) is 2.54. The van der Waals surface area contributed by atoms with Gasteiger partial charge in [-0.1, -0.05) is 6.07 Å². The normalized spacial score (nSPS) is 24.8. The van der Waals surface area contributed by atoms with E-state index >= 15 is 0 Å². The van der Waals surface area contributed by atoms with Crippen LogP contribution in [0.15, 0.2) is 29.2 Å². The topological polar surface area (TPSA) is 76.2 Å². The number of carbonyl (C=O) groups excluding carboxylic acids is 1. The van der Waals surface area contributed by atoms with E-state index in [0.717, 1.165) is 6.07 Å². The first-order chi connectivity index (χ1) is 11.4. The number of rotatable bonds is 4. The van der Waals surface area contributed by atoms with Crippen molar-refractivity contribution in [1.29, 1.82) is 0 Å². The van der Waals surface area contributed by atoms with Crippen LogP contribution in [0.2, 0.25) is 0 Å². The van der Waals surface area contributed by atoms with E-state index in [9.17, 15) is 17.6 Å². The van der Waals surface area contributed by atoms with Crippen LogP contribution in [0, 0.1) is 5.82 Å². The molecule has 9 heteroatoms. The lowest BCUT2D eigenvalue weighted by Gasteiger charge is -2.45. The van der Waals surface area contributed by atoms with Crippen molar-refractivity contribution in [3.63, 3.8) is 0 Å². The van der Waals surface area contributed by atoms with Crippen molar-refractivity contribution in [2.75, 3.05) is 39.9 Å². The molecular weight excluding hydrogens is 339 g/mol. The maximum Gasteiger partial charge on any atom is 0.248 e. The lowest BCUT2D eigenvalue weighted by molar-refractivity contribution is -0.157. The number of hydrogen-bond donors (Lipinski definition) is 0. The number of halogens is 1. The fourth-order valence-electron chi connectivity index (χ4n) is 3.05. The van der Waals surface area contributed by atoms with Gasteiger partial charge in [0.1, 0.15) is 12.4 Å². The largest absolute Gasteiger partial charge is 0.375 e. The number of methoxy groups -OCH3 is 1. The van der Waals surface area contributed by atoms with Gasteiger partial charge in [-0.05, 0) is 18.2 Å². The molecule has 2 heterocycles. The van der Waals surface area contributed by atoms with Crippen molar-refractivity contribution in [3.8, 4) is 0 Å². The zero-order valence-corrected chi connectivity index (χ0v) is 14.0. The molecular formula is C15H19FN2O5S. The Labute approximate surface area is 140 Å². The van der Waals surface area contributed by atoms with Crippen molar-refractivity contribution < 1.29 is 27.1 Å². The third-order valence-corrected chi connectivity index (χ3v) is 5.93. The molecule has 3 rings (SSSR count). The number of benzene rings is 1. The number of hydrogen-bond acceptors (Lipinski definition) is 5. The monoisotopic (exact) mass is 358 g/mol. The molecule has 0 spiro atoms. The van der Waals surface area contributed by atoms with Gasteiger partial charge in [-0.15, -0.1) is 0 Å². The minimum atomic E-state index is -3.79. The van der Waals surface area contributed by atoms with E-state index in [0.29, 0.717) is 13.1 Å². The highest BCUT2D eigenvalue weighted by molar-refractivity contribution is 7.89. The molecule has 2 aliphatic heterocycles. The van der Waals surface area contributed by atoms with Gasteiger partial charge in [0, 0.05) is 33.3 Å². The summed E-state index contributed by atoms with van der Waals surface area (Å²) in [5.41, 5.74) is 0. The van der Waals surface area contributed by atoms with Crippen LogP contribution in [0.1, 0.15) is 0 Å². The molecule has 0 aliphatic carbocycles. The van der Waals surface area contributed by atoms with E-state index in [1.807, 2.05) is 0 Å². The van der Waals surface area contributed by atoms with Gasteiger partial charge in [-0.2, -0.15) is 4.31 Å². The number of ether oxygens (including phenoxy) is 2. The molecule has 2 saturated heterocycles. The van der Waals surface area contributed by atoms with E-state index in [2.05, 4.69) is 0 Å². The Hall–Kier alpha value is -1.55. The molecule has 1 aromatic carbocycles. The standard InChI is InChI=1S/C15H19FN2O5S/c1-22-10-15(19)17-6-12-8-18(9-13(7-17)23-12)24(20,21)14-4-2-3-11(16)5-14/h2-5,12-13H,6-10H2,1H3. The molecule has 0 radical (unpaired) electrons. The second-order valence-electron chi connectivity index (χ2n) is 5.89. The minimum Gasteiger partial charge on any atom is -0.375 e. The van der Waals surface area contributed by atoms with Gasteiger partial charge in [0.05, 0.1) is 17.1 Å². The van der Waals surface area contributed by atoms with Crippen molar-refractivity contribution in [3.05, 3.63) is 30.1 Å². The quantitative estimate of drug-likeness (QED) is 0.762. The number of fused-ring (bicyclic) bond motifs is 2. The van der Waals surface area contributed by atoms with E-state index in [1.165, 1.54) is 29.6 Å². The van der Waals surface area contributed by atoms with Crippen molar-refractivity contribution in [2.24, 2.45) is 0 Å². The Balaban J connectivity index is 1.74. The molecule has 0 aromatic heterocycles. The summed E-state index contributed by atoms with van der Waals surface area (Å²) in [7, 11) is -2.34. The maximum absolute atomic E-state index is 13.3. The number of morpholine rings is 2. The summed E-state index contributed by atoms with van der Waals surface area (Å²) in [6.45, 7) is 0.880. The minimum absolute atomic E-state index is 0.00918. The molecule has 2 atom stereocenters. The van der Waals surface area contributed by atoms with Crippen LogP contribution in [0.25, 0.3) is 0 Å². The summed E-state index contributed by atoms with van der Waals surface area (Å²) in [6, 6.07) is 4.95. The lowest BCUT2D eigenvalue weighted by Crippen LogP contribution is -2.61. The van der Waals surface area contributed by atoms with Crippen LogP contribution in [-0.2, 0) is 24.3 Å². The van der Waals surface area contributed by atoms with Crippen LogP contribution in [0.4, 0.5) is 4.39 Å². The Morgan fingerprint density at radius 3 is 2.54 bits per heavy atom. The van der Waals surface area contributed by atoms with Crippen LogP contribution in [-0.4, -0.2) is 75.6 Å². The van der Waals surface area contributed by atoms with Crippen LogP contribution < -0.4 is 0 Å². The molecule has 1 amide bonds. The molecule has 2 fully saturated rings. The van der Waals surface area contributed by atoms with Gasteiger partial charge in [0.15, 0.2) is 0 Å². The van der Waals surface area contributed by atoms with Gasteiger partial charge >= 0.3 is 0 Å². The summed E-state index contributed by atoms with van der Waals surface area (Å²) in [5, 5.41) is 0. The third kappa shape index (κ3) is 3.44. The number of nitrogens with zero attached hydrogens (tertiary/aromatic N) is 2. The summed E-state index contributed by atoms with van der Waals surface area (Å²) >= 11 is 0. The first kappa shape index (κ1) is 17.3. The van der Waals surface area contributed by atoms with Crippen LogP contribution in [0.5, 0.6) is 0 Å². The molecule has 2 aliphatic rings. The van der Waals surface area contributed by atoms with Gasteiger partial charge in [-0.25, -0.2) is 12.8 Å². The number of sulfonamides is 1. The maximum atomic E-state index is 13.3. The highest BCUT2D eigenvalue weighted by Crippen LogP contribution is 2.25.